The topological polar surface area (TPSA) is 49.3 Å². The number of carbonyl (C=O) groups is 1. The summed E-state index contributed by atoms with van der Waals surface area (Å²) < 4.78 is 0. The lowest BCUT2D eigenvalue weighted by Crippen LogP contribution is -2.29. The number of nitrogens with one attached hydrogen (secondary N) is 1. The molecule has 0 aromatic heterocycles. The van der Waals surface area contributed by atoms with Gasteiger partial charge in [0.15, 0.2) is 0 Å². The predicted octanol–water partition coefficient (Wildman–Crippen LogP) is 0.974. The lowest BCUT2D eigenvalue weighted by Gasteiger charge is -2.12. The van der Waals surface area contributed by atoms with Crippen LogP contribution in [0.3, 0.4) is 0 Å². The second-order valence-corrected chi connectivity index (χ2v) is 4.64. The van der Waals surface area contributed by atoms with Gasteiger partial charge in [-0.25, -0.2) is 0 Å². The third-order valence-electron chi connectivity index (χ3n) is 2.71. The molecule has 14 heavy (non-hydrogen) atoms. The molecule has 1 fully saturated rings. The fraction of sp³-hybridized carbons (Fsp3) is 0.900. The Morgan fingerprint density at radius 3 is 2.71 bits per heavy atom. The number of rotatable bonds is 6. The average Bonchev–Trinajstić information content (AvgIpc) is 2.85. The predicted molar refractivity (Wildman–Crippen MR) is 59.4 cm³/mol. The summed E-state index contributed by atoms with van der Waals surface area (Å²) in [7, 11) is 0. The molecule has 1 rings (SSSR count). The van der Waals surface area contributed by atoms with Gasteiger partial charge in [0.1, 0.15) is 0 Å². The van der Waals surface area contributed by atoms with Gasteiger partial charge in [0.25, 0.3) is 0 Å². The Balaban J connectivity index is 2.10. The van der Waals surface area contributed by atoms with E-state index in [1.807, 2.05) is 0 Å². The largest absolute Gasteiger partial charge is 0.393 e. The molecule has 0 bridgehead atoms. The number of thiol groups is 1. The zero-order valence-corrected chi connectivity index (χ0v) is 9.52. The molecule has 0 spiro atoms. The maximum atomic E-state index is 11.4. The summed E-state index contributed by atoms with van der Waals surface area (Å²) in [6.07, 6.45) is 3.13. The Labute approximate surface area is 90.7 Å². The Kier molecular flexibility index (Phi) is 4.26. The van der Waals surface area contributed by atoms with E-state index in [-0.39, 0.29) is 17.4 Å². The molecule has 1 amide bonds. The van der Waals surface area contributed by atoms with Crippen LogP contribution in [-0.4, -0.2) is 29.4 Å². The van der Waals surface area contributed by atoms with Crippen LogP contribution in [0.4, 0.5) is 0 Å². The highest BCUT2D eigenvalue weighted by Crippen LogP contribution is 2.49. The van der Waals surface area contributed by atoms with E-state index in [0.717, 1.165) is 18.6 Å². The summed E-state index contributed by atoms with van der Waals surface area (Å²) in [4.78, 5) is 11.4. The van der Waals surface area contributed by atoms with E-state index >= 15 is 0 Å². The van der Waals surface area contributed by atoms with Crippen LogP contribution in [-0.2, 0) is 4.79 Å². The second-order valence-electron chi connectivity index (χ2n) is 4.32. The summed E-state index contributed by atoms with van der Waals surface area (Å²) >= 11 is 4.24. The Bertz CT molecular complexity index is 202. The molecule has 1 aliphatic rings. The lowest BCUT2D eigenvalue weighted by atomic mass is 10.1. The number of amides is 1. The van der Waals surface area contributed by atoms with Gasteiger partial charge in [-0.2, -0.15) is 12.6 Å². The van der Waals surface area contributed by atoms with Crippen molar-refractivity contribution in [2.24, 2.45) is 5.41 Å². The van der Waals surface area contributed by atoms with Crippen molar-refractivity contribution in [2.45, 2.75) is 38.7 Å². The molecule has 0 aromatic carbocycles. The van der Waals surface area contributed by atoms with E-state index in [0.29, 0.717) is 19.4 Å². The summed E-state index contributed by atoms with van der Waals surface area (Å²) in [6.45, 7) is 2.29. The van der Waals surface area contributed by atoms with E-state index in [9.17, 15) is 4.79 Å². The third kappa shape index (κ3) is 3.88. The van der Waals surface area contributed by atoms with Crippen molar-refractivity contribution in [1.82, 2.24) is 5.32 Å². The molecule has 0 saturated heterocycles. The minimum absolute atomic E-state index is 0.0946. The van der Waals surface area contributed by atoms with E-state index < -0.39 is 0 Å². The van der Waals surface area contributed by atoms with Crippen LogP contribution in [0, 0.1) is 5.41 Å². The minimum Gasteiger partial charge on any atom is -0.393 e. The first-order valence-corrected chi connectivity index (χ1v) is 5.77. The molecule has 3 nitrogen and oxygen atoms in total. The number of hydrogen-bond donors (Lipinski definition) is 3. The first-order chi connectivity index (χ1) is 6.58. The first-order valence-electron chi connectivity index (χ1n) is 5.14. The van der Waals surface area contributed by atoms with Crippen LogP contribution in [0.25, 0.3) is 0 Å². The maximum Gasteiger partial charge on any atom is 0.220 e. The highest BCUT2D eigenvalue weighted by atomic mass is 32.1. The van der Waals surface area contributed by atoms with Gasteiger partial charge in [-0.3, -0.25) is 4.79 Å². The van der Waals surface area contributed by atoms with Crippen LogP contribution >= 0.6 is 12.6 Å². The number of aliphatic hydroxyl groups excluding tert-OH is 1. The van der Waals surface area contributed by atoms with Crippen LogP contribution in [0.5, 0.6) is 0 Å². The number of hydrogen-bond acceptors (Lipinski definition) is 3. The van der Waals surface area contributed by atoms with E-state index in [1.165, 1.54) is 0 Å². The van der Waals surface area contributed by atoms with Gasteiger partial charge in [-0.1, -0.05) is 0 Å². The minimum atomic E-state index is -0.338. The lowest BCUT2D eigenvalue weighted by molar-refractivity contribution is -0.122. The SMILES string of the molecule is CC(O)CCNC(=O)CC1(CS)CC1. The van der Waals surface area contributed by atoms with E-state index in [2.05, 4.69) is 17.9 Å². The van der Waals surface area contributed by atoms with Crippen molar-refractivity contribution >= 4 is 18.5 Å². The average molecular weight is 217 g/mol. The smallest absolute Gasteiger partial charge is 0.220 e. The fourth-order valence-electron chi connectivity index (χ4n) is 1.39. The van der Waals surface area contributed by atoms with Gasteiger partial charge in [0.05, 0.1) is 6.10 Å². The summed E-state index contributed by atoms with van der Waals surface area (Å²) in [5.41, 5.74) is 0.192. The highest BCUT2D eigenvalue weighted by Gasteiger charge is 2.42. The molecule has 4 heteroatoms. The molecule has 82 valence electrons. The Hall–Kier alpha value is -0.220. The molecule has 1 atom stereocenters. The Morgan fingerprint density at radius 2 is 2.29 bits per heavy atom. The molecule has 0 aromatic rings. The van der Waals surface area contributed by atoms with Crippen molar-refractivity contribution in [3.8, 4) is 0 Å². The first kappa shape index (κ1) is 11.9. The van der Waals surface area contributed by atoms with Gasteiger partial charge < -0.3 is 10.4 Å². The summed E-state index contributed by atoms with van der Waals surface area (Å²) in [5, 5.41) is 11.8. The van der Waals surface area contributed by atoms with Crippen molar-refractivity contribution in [2.75, 3.05) is 12.3 Å². The van der Waals surface area contributed by atoms with Crippen molar-refractivity contribution < 1.29 is 9.90 Å². The zero-order valence-electron chi connectivity index (χ0n) is 8.62. The van der Waals surface area contributed by atoms with Crippen LogP contribution in [0.1, 0.15) is 32.6 Å². The molecule has 2 N–H and O–H groups in total. The van der Waals surface area contributed by atoms with Crippen molar-refractivity contribution in [3.63, 3.8) is 0 Å². The molecule has 0 radical (unpaired) electrons. The molecule has 1 saturated carbocycles. The van der Waals surface area contributed by atoms with Gasteiger partial charge in [-0.05, 0) is 37.4 Å². The molecular formula is C10H19NO2S. The standard InChI is InChI=1S/C10H19NO2S/c1-8(12)2-5-11-9(13)6-10(7-14)3-4-10/h8,12,14H,2-7H2,1H3,(H,11,13). The van der Waals surface area contributed by atoms with Crippen LogP contribution in [0.2, 0.25) is 0 Å². The molecule has 0 aliphatic heterocycles. The summed E-state index contributed by atoms with van der Waals surface area (Å²) in [5.74, 6) is 0.897. The van der Waals surface area contributed by atoms with E-state index in [4.69, 9.17) is 5.11 Å². The molecule has 0 heterocycles. The van der Waals surface area contributed by atoms with Gasteiger partial charge in [0.2, 0.25) is 5.91 Å². The Morgan fingerprint density at radius 1 is 1.64 bits per heavy atom. The zero-order chi connectivity index (χ0) is 10.6. The van der Waals surface area contributed by atoms with Crippen LogP contribution in [0.15, 0.2) is 0 Å². The molecule has 1 aliphatic carbocycles. The van der Waals surface area contributed by atoms with Crippen molar-refractivity contribution in [1.29, 1.82) is 0 Å². The van der Waals surface area contributed by atoms with Gasteiger partial charge >= 0.3 is 0 Å². The van der Waals surface area contributed by atoms with Crippen molar-refractivity contribution in [3.05, 3.63) is 0 Å². The fourth-order valence-corrected chi connectivity index (χ4v) is 1.82. The normalized spacial score (nSPS) is 20.2. The third-order valence-corrected chi connectivity index (χ3v) is 3.38. The number of aliphatic hydroxyl groups is 1. The maximum absolute atomic E-state index is 11.4. The summed E-state index contributed by atoms with van der Waals surface area (Å²) in [6, 6.07) is 0. The monoisotopic (exact) mass is 217 g/mol. The van der Waals surface area contributed by atoms with Crippen LogP contribution < -0.4 is 5.32 Å². The molecular weight excluding hydrogens is 198 g/mol. The second kappa shape index (κ2) is 5.03. The van der Waals surface area contributed by atoms with E-state index in [1.54, 1.807) is 6.92 Å². The quantitative estimate of drug-likeness (QED) is 0.581. The van der Waals surface area contributed by atoms with Gasteiger partial charge in [0, 0.05) is 13.0 Å². The highest BCUT2D eigenvalue weighted by molar-refractivity contribution is 7.80. The van der Waals surface area contributed by atoms with Gasteiger partial charge in [-0.15, -0.1) is 0 Å². The number of carbonyl (C=O) groups excluding carboxylic acids is 1. The molecule has 1 unspecified atom stereocenters.